The van der Waals surface area contributed by atoms with Crippen LogP contribution in [0.2, 0.25) is 0 Å². The molecule has 2 aromatic rings. The van der Waals surface area contributed by atoms with E-state index in [-0.39, 0.29) is 12.4 Å². The summed E-state index contributed by atoms with van der Waals surface area (Å²) < 4.78 is 72.5. The Morgan fingerprint density at radius 1 is 1.46 bits per heavy atom. The summed E-state index contributed by atoms with van der Waals surface area (Å²) >= 11 is 0. The van der Waals surface area contributed by atoms with Crippen molar-refractivity contribution in [2.45, 2.75) is 31.2 Å². The molecule has 1 aromatic carbocycles. The first-order valence-corrected chi connectivity index (χ1v) is 9.46. The predicted molar refractivity (Wildman–Crippen MR) is 91.3 cm³/mol. The number of halogens is 1. The Hall–Kier alpha value is -2.30. The van der Waals surface area contributed by atoms with Gasteiger partial charge in [0.15, 0.2) is 6.20 Å². The summed E-state index contributed by atoms with van der Waals surface area (Å²) in [7, 11) is -4.67. The molecule has 0 radical (unpaired) electrons. The van der Waals surface area contributed by atoms with Gasteiger partial charge in [-0.05, 0) is 6.07 Å². The Kier molecular flexibility index (Phi) is 3.87. The number of hydrogen-bond donors (Lipinski definition) is 2. The van der Waals surface area contributed by atoms with Crippen molar-refractivity contribution in [2.24, 2.45) is 0 Å². The van der Waals surface area contributed by atoms with E-state index < -0.39 is 50.2 Å². The summed E-state index contributed by atoms with van der Waals surface area (Å²) in [5.74, 6) is -3.46. The number of phosphoric ester groups is 1. The Balaban J connectivity index is 1.62. The summed E-state index contributed by atoms with van der Waals surface area (Å²) in [5, 5.41) is 10.2. The highest BCUT2D eigenvalue weighted by molar-refractivity contribution is 7.49. The number of alkyl halides is 1. The minimum Gasteiger partial charge on any atom is -0.404 e. The fourth-order valence-corrected chi connectivity index (χ4v) is 3.76. The highest BCUT2D eigenvalue weighted by Crippen LogP contribution is 2.55. The SMILES string of the molecule is [2H]C([2H])(OP1(=O)OCc2ccccc2O1)[C@]1(F)C[C@@H](O)[C@]([2H])(n2ccc(=O)[nH]c2=O)O1. The van der Waals surface area contributed by atoms with Crippen LogP contribution in [-0.2, 0) is 25.0 Å². The fourth-order valence-electron chi connectivity index (χ4n) is 2.65. The van der Waals surface area contributed by atoms with Crippen molar-refractivity contribution < 1.29 is 36.5 Å². The zero-order valence-corrected chi connectivity index (χ0v) is 14.9. The Morgan fingerprint density at radius 2 is 2.25 bits per heavy atom. The van der Waals surface area contributed by atoms with Crippen molar-refractivity contribution in [3.05, 3.63) is 62.9 Å². The first kappa shape index (κ1) is 15.6. The lowest BCUT2D eigenvalue weighted by Crippen LogP contribution is -2.35. The number of para-hydroxylation sites is 1. The number of rotatable bonds is 4. The van der Waals surface area contributed by atoms with Gasteiger partial charge < -0.3 is 14.4 Å². The predicted octanol–water partition coefficient (Wildman–Crippen LogP) is 1.22. The van der Waals surface area contributed by atoms with Gasteiger partial charge in [0.2, 0.25) is 5.85 Å². The van der Waals surface area contributed by atoms with E-state index in [1.165, 1.54) is 6.07 Å². The molecule has 150 valence electrons. The highest BCUT2D eigenvalue weighted by Gasteiger charge is 2.50. The molecule has 28 heavy (non-hydrogen) atoms. The van der Waals surface area contributed by atoms with Gasteiger partial charge in [0.1, 0.15) is 18.4 Å². The number of hydrogen-bond acceptors (Lipinski definition) is 8. The van der Waals surface area contributed by atoms with Crippen LogP contribution in [0.25, 0.3) is 0 Å². The zero-order valence-electron chi connectivity index (χ0n) is 17.0. The lowest BCUT2D eigenvalue weighted by Gasteiger charge is -2.27. The molecule has 2 aliphatic heterocycles. The van der Waals surface area contributed by atoms with Crippen molar-refractivity contribution in [3.8, 4) is 5.75 Å². The maximum atomic E-state index is 15.5. The number of ether oxygens (including phenoxy) is 1. The van der Waals surface area contributed by atoms with Crippen LogP contribution < -0.4 is 15.8 Å². The summed E-state index contributed by atoms with van der Waals surface area (Å²) in [5.41, 5.74) is -1.51. The molecule has 0 saturated carbocycles. The van der Waals surface area contributed by atoms with Crippen LogP contribution >= 0.6 is 7.82 Å². The average molecular weight is 417 g/mol. The number of aliphatic hydroxyl groups excluding tert-OH is 1. The molecule has 12 heteroatoms. The summed E-state index contributed by atoms with van der Waals surface area (Å²) in [6.45, 7) is -3.81. The Labute approximate surface area is 161 Å². The van der Waals surface area contributed by atoms with Crippen LogP contribution in [0, 0.1) is 0 Å². The third-order valence-electron chi connectivity index (χ3n) is 3.94. The van der Waals surface area contributed by atoms with E-state index in [0.717, 1.165) is 12.3 Å². The zero-order chi connectivity index (χ0) is 22.7. The molecule has 0 amide bonds. The molecule has 0 bridgehead atoms. The molecule has 4 rings (SSSR count). The highest BCUT2D eigenvalue weighted by atomic mass is 31.2. The largest absolute Gasteiger partial charge is 0.530 e. The fraction of sp³-hybridized carbons (Fsp3) is 0.375. The number of phosphoric acid groups is 1. The van der Waals surface area contributed by atoms with Crippen molar-refractivity contribution >= 4 is 7.82 Å². The molecule has 10 nitrogen and oxygen atoms in total. The number of aromatic amines is 1. The molecule has 1 saturated heterocycles. The maximum absolute atomic E-state index is 15.5. The second kappa shape index (κ2) is 6.94. The molecule has 4 atom stereocenters. The second-order valence-electron chi connectivity index (χ2n) is 5.98. The first-order chi connectivity index (χ1) is 14.4. The number of nitrogens with one attached hydrogen (secondary N) is 1. The van der Waals surface area contributed by atoms with E-state index in [2.05, 4.69) is 0 Å². The topological polar surface area (TPSA) is 129 Å². The van der Waals surface area contributed by atoms with Gasteiger partial charge in [-0.2, -0.15) is 0 Å². The molecule has 0 aliphatic carbocycles. The number of H-pyrrole nitrogens is 1. The van der Waals surface area contributed by atoms with Gasteiger partial charge in [-0.1, -0.05) is 18.2 Å². The Bertz CT molecular complexity index is 1190. The number of aromatic nitrogens is 2. The molecular weight excluding hydrogens is 398 g/mol. The van der Waals surface area contributed by atoms with Gasteiger partial charge in [0.25, 0.3) is 5.56 Å². The number of benzene rings is 1. The van der Waals surface area contributed by atoms with E-state index in [1.807, 2.05) is 4.98 Å². The van der Waals surface area contributed by atoms with E-state index in [9.17, 15) is 19.3 Å². The number of aliphatic hydroxyl groups is 1. The van der Waals surface area contributed by atoms with Crippen molar-refractivity contribution in [2.75, 3.05) is 6.56 Å². The smallest absolute Gasteiger partial charge is 0.404 e. The molecule has 0 spiro atoms. The van der Waals surface area contributed by atoms with Gasteiger partial charge in [-0.15, -0.1) is 0 Å². The minimum absolute atomic E-state index is 0.0859. The number of fused-ring (bicyclic) bond motifs is 1. The second-order valence-corrected chi connectivity index (χ2v) is 7.50. The minimum atomic E-state index is -4.67. The van der Waals surface area contributed by atoms with Gasteiger partial charge >= 0.3 is 13.5 Å². The molecule has 2 N–H and O–H groups in total. The van der Waals surface area contributed by atoms with Crippen molar-refractivity contribution in [1.82, 2.24) is 9.55 Å². The van der Waals surface area contributed by atoms with Crippen LogP contribution in [-0.4, -0.2) is 33.2 Å². The van der Waals surface area contributed by atoms with Gasteiger partial charge in [0.05, 0.1) is 10.7 Å². The monoisotopic (exact) mass is 417 g/mol. The van der Waals surface area contributed by atoms with Crippen LogP contribution in [0.3, 0.4) is 0 Å². The third-order valence-corrected chi connectivity index (χ3v) is 5.12. The van der Waals surface area contributed by atoms with Crippen molar-refractivity contribution in [1.29, 1.82) is 0 Å². The standard InChI is InChI=1S/C16H16FN2O8P/c17-16(7-11(20)14(26-16)19-6-5-13(21)18-15(19)22)9-25-28(23)24-8-10-3-1-2-4-12(10)27-28/h1-6,11,14,20H,7-9H2,(H,18,21,22)/t11-,14-,16+,28?/m1/s1/i9D2,14D. The normalized spacial score (nSPS) is 36.6. The maximum Gasteiger partial charge on any atom is 0.530 e. The van der Waals surface area contributed by atoms with Crippen LogP contribution in [0.5, 0.6) is 5.75 Å². The molecule has 1 aromatic heterocycles. The summed E-state index contributed by atoms with van der Waals surface area (Å²) in [6.07, 6.45) is -5.32. The molecule has 1 fully saturated rings. The molecule has 2 aliphatic rings. The first-order valence-electron chi connectivity index (χ1n) is 9.50. The van der Waals surface area contributed by atoms with E-state index in [0.29, 0.717) is 10.1 Å². The van der Waals surface area contributed by atoms with Crippen molar-refractivity contribution in [3.63, 3.8) is 0 Å². The van der Waals surface area contributed by atoms with Crippen LogP contribution in [0.1, 0.15) is 22.3 Å². The van der Waals surface area contributed by atoms with Crippen LogP contribution in [0.4, 0.5) is 4.39 Å². The van der Waals surface area contributed by atoms with Gasteiger partial charge in [-0.25, -0.2) is 13.8 Å². The molecular formula is C16H16FN2O8P. The lowest BCUT2D eigenvalue weighted by atomic mass is 10.2. The van der Waals surface area contributed by atoms with E-state index in [4.69, 9.17) is 22.4 Å². The lowest BCUT2D eigenvalue weighted by molar-refractivity contribution is -0.179. The van der Waals surface area contributed by atoms with Gasteiger partial charge in [-0.3, -0.25) is 23.4 Å². The Morgan fingerprint density at radius 3 is 3.04 bits per heavy atom. The average Bonchev–Trinajstić information content (AvgIpc) is 2.91. The quantitative estimate of drug-likeness (QED) is 0.711. The molecule has 3 heterocycles. The molecule has 1 unspecified atom stereocenters. The number of nitrogens with zero attached hydrogens (tertiary/aromatic N) is 1. The third kappa shape index (κ3) is 3.67. The van der Waals surface area contributed by atoms with Crippen LogP contribution in [0.15, 0.2) is 46.1 Å². The summed E-state index contributed by atoms with van der Waals surface area (Å²) in [6, 6.07) is 7.10. The van der Waals surface area contributed by atoms with E-state index in [1.54, 1.807) is 18.2 Å². The van der Waals surface area contributed by atoms with E-state index >= 15 is 4.39 Å². The summed E-state index contributed by atoms with van der Waals surface area (Å²) in [4.78, 5) is 25.0. The van der Waals surface area contributed by atoms with Gasteiger partial charge in [0, 0.05) is 24.2 Å².